The van der Waals surface area contributed by atoms with Crippen LogP contribution in [0.4, 0.5) is 14.5 Å². The van der Waals surface area contributed by atoms with Crippen LogP contribution < -0.4 is 5.32 Å². The summed E-state index contributed by atoms with van der Waals surface area (Å²) in [6.07, 6.45) is 0. The second-order valence-electron chi connectivity index (χ2n) is 4.59. The zero-order chi connectivity index (χ0) is 14.9. The van der Waals surface area contributed by atoms with Crippen LogP contribution in [0.1, 0.15) is 24.1 Å². The van der Waals surface area contributed by atoms with Gasteiger partial charge in [-0.1, -0.05) is 17.7 Å². The number of rotatable bonds is 3. The minimum absolute atomic E-state index is 0.278. The van der Waals surface area contributed by atoms with Crippen LogP contribution in [0.15, 0.2) is 34.8 Å². The number of nitrogens with one attached hydrogen (secondary N) is 1. The fourth-order valence-electron chi connectivity index (χ4n) is 1.92. The van der Waals surface area contributed by atoms with Crippen molar-refractivity contribution in [1.82, 2.24) is 0 Å². The summed E-state index contributed by atoms with van der Waals surface area (Å²) in [5, 5.41) is 3.67. The Morgan fingerprint density at radius 1 is 1.20 bits per heavy atom. The highest BCUT2D eigenvalue weighted by atomic mass is 79.9. The van der Waals surface area contributed by atoms with Crippen molar-refractivity contribution < 1.29 is 8.78 Å². The Bertz CT molecular complexity index is 646. The summed E-state index contributed by atoms with van der Waals surface area (Å²) in [5.41, 5.74) is 1.30. The maximum atomic E-state index is 13.9. The average molecular weight is 361 g/mol. The zero-order valence-electron chi connectivity index (χ0n) is 11.0. The first-order valence-electron chi connectivity index (χ1n) is 6.06. The van der Waals surface area contributed by atoms with E-state index in [1.165, 1.54) is 19.1 Å². The van der Waals surface area contributed by atoms with Crippen LogP contribution in [0.3, 0.4) is 0 Å². The van der Waals surface area contributed by atoms with Gasteiger partial charge >= 0.3 is 0 Å². The molecule has 0 aliphatic rings. The van der Waals surface area contributed by atoms with Crippen LogP contribution >= 0.6 is 27.5 Å². The van der Waals surface area contributed by atoms with E-state index in [1.807, 2.05) is 6.07 Å². The lowest BCUT2D eigenvalue weighted by Gasteiger charge is -2.18. The predicted octanol–water partition coefficient (Wildman–Crippen LogP) is 5.86. The van der Waals surface area contributed by atoms with E-state index in [0.29, 0.717) is 15.1 Å². The van der Waals surface area contributed by atoms with Gasteiger partial charge in [-0.2, -0.15) is 0 Å². The molecule has 0 heterocycles. The molecule has 0 fully saturated rings. The van der Waals surface area contributed by atoms with E-state index >= 15 is 0 Å². The van der Waals surface area contributed by atoms with E-state index in [0.717, 1.165) is 5.69 Å². The molecule has 0 amide bonds. The molecule has 0 radical (unpaired) electrons. The van der Waals surface area contributed by atoms with Crippen molar-refractivity contribution in [3.63, 3.8) is 0 Å². The van der Waals surface area contributed by atoms with Crippen molar-refractivity contribution in [2.45, 2.75) is 19.9 Å². The molecule has 2 aromatic carbocycles. The van der Waals surface area contributed by atoms with Gasteiger partial charge in [0.1, 0.15) is 11.6 Å². The highest BCUT2D eigenvalue weighted by molar-refractivity contribution is 9.10. The van der Waals surface area contributed by atoms with Gasteiger partial charge in [0.15, 0.2) is 0 Å². The van der Waals surface area contributed by atoms with Gasteiger partial charge in [-0.3, -0.25) is 0 Å². The lowest BCUT2D eigenvalue weighted by atomic mass is 10.0. The first-order chi connectivity index (χ1) is 9.40. The van der Waals surface area contributed by atoms with Crippen molar-refractivity contribution in [3.05, 3.63) is 62.6 Å². The number of halogens is 4. The number of hydrogen-bond donors (Lipinski definition) is 1. The molecule has 106 valence electrons. The molecule has 2 rings (SSSR count). The normalized spacial score (nSPS) is 12.3. The van der Waals surface area contributed by atoms with Gasteiger partial charge in [-0.25, -0.2) is 8.78 Å². The summed E-state index contributed by atoms with van der Waals surface area (Å²) in [7, 11) is 0. The topological polar surface area (TPSA) is 12.0 Å². The molecule has 1 N–H and O–H groups in total. The largest absolute Gasteiger partial charge is 0.377 e. The molecule has 1 atom stereocenters. The fraction of sp³-hybridized carbons (Fsp3) is 0.200. The molecule has 0 aliphatic heterocycles. The Morgan fingerprint density at radius 2 is 1.90 bits per heavy atom. The molecule has 0 aliphatic carbocycles. The third-order valence-electron chi connectivity index (χ3n) is 3.07. The molecule has 5 heteroatoms. The van der Waals surface area contributed by atoms with E-state index in [9.17, 15) is 8.78 Å². The molecule has 0 saturated heterocycles. The Hall–Kier alpha value is -1.13. The van der Waals surface area contributed by atoms with Gasteiger partial charge in [-0.15, -0.1) is 0 Å². The van der Waals surface area contributed by atoms with Crippen molar-refractivity contribution in [1.29, 1.82) is 0 Å². The second-order valence-corrected chi connectivity index (χ2v) is 5.79. The fourth-order valence-corrected chi connectivity index (χ4v) is 2.47. The summed E-state index contributed by atoms with van der Waals surface area (Å²) in [6.45, 7) is 3.30. The van der Waals surface area contributed by atoms with E-state index in [1.54, 1.807) is 19.1 Å². The molecule has 20 heavy (non-hydrogen) atoms. The monoisotopic (exact) mass is 359 g/mol. The van der Waals surface area contributed by atoms with Crippen LogP contribution in [-0.2, 0) is 0 Å². The SMILES string of the molecule is Cc1cc(F)c(C(C)Nc2cccc(Cl)c2Br)cc1F. The van der Waals surface area contributed by atoms with Gasteiger partial charge in [0.05, 0.1) is 21.2 Å². The maximum absolute atomic E-state index is 13.9. The molecule has 1 nitrogen and oxygen atoms in total. The molecule has 1 unspecified atom stereocenters. The standard InChI is InChI=1S/C15H13BrClF2N/c1-8-6-13(19)10(7-12(8)18)9(2)20-14-5-3-4-11(17)15(14)16/h3-7,9,20H,1-2H3. The van der Waals surface area contributed by atoms with Gasteiger partial charge in [0.2, 0.25) is 0 Å². The highest BCUT2D eigenvalue weighted by Crippen LogP contribution is 2.33. The third kappa shape index (κ3) is 3.13. The van der Waals surface area contributed by atoms with Crippen molar-refractivity contribution in [3.8, 4) is 0 Å². The van der Waals surface area contributed by atoms with E-state index in [4.69, 9.17) is 11.6 Å². The summed E-state index contributed by atoms with van der Waals surface area (Å²) >= 11 is 9.36. The van der Waals surface area contributed by atoms with Crippen LogP contribution in [0.5, 0.6) is 0 Å². The highest BCUT2D eigenvalue weighted by Gasteiger charge is 2.15. The van der Waals surface area contributed by atoms with Gasteiger partial charge in [-0.05, 0) is 59.6 Å². The van der Waals surface area contributed by atoms with E-state index in [2.05, 4.69) is 21.2 Å². The Kier molecular flexibility index (Phi) is 4.66. The third-order valence-corrected chi connectivity index (χ3v) is 4.47. The molecular formula is C15H13BrClF2N. The summed E-state index contributed by atoms with van der Waals surface area (Å²) in [4.78, 5) is 0. The average Bonchev–Trinajstić information content (AvgIpc) is 2.39. The quantitative estimate of drug-likeness (QED) is 0.722. The Morgan fingerprint density at radius 3 is 2.60 bits per heavy atom. The molecule has 0 aromatic heterocycles. The number of anilines is 1. The number of benzene rings is 2. The summed E-state index contributed by atoms with van der Waals surface area (Å²) < 4.78 is 28.2. The lowest BCUT2D eigenvalue weighted by molar-refractivity contribution is 0.571. The van der Waals surface area contributed by atoms with Crippen LogP contribution in [0.25, 0.3) is 0 Å². The zero-order valence-corrected chi connectivity index (χ0v) is 13.3. The molecule has 0 saturated carbocycles. The number of aryl methyl sites for hydroxylation is 1. The van der Waals surface area contributed by atoms with Crippen LogP contribution in [0.2, 0.25) is 5.02 Å². The van der Waals surface area contributed by atoms with Gasteiger partial charge in [0, 0.05) is 5.56 Å². The first kappa shape index (κ1) is 15.3. The van der Waals surface area contributed by atoms with Crippen LogP contribution in [0, 0.1) is 18.6 Å². The van der Waals surface area contributed by atoms with Crippen molar-refractivity contribution in [2.24, 2.45) is 0 Å². The van der Waals surface area contributed by atoms with Gasteiger partial charge < -0.3 is 5.32 Å². The van der Waals surface area contributed by atoms with Crippen molar-refractivity contribution in [2.75, 3.05) is 5.32 Å². The Balaban J connectivity index is 2.31. The maximum Gasteiger partial charge on any atom is 0.128 e. The Labute approximate surface area is 130 Å². The summed E-state index contributed by atoms with van der Waals surface area (Å²) in [5.74, 6) is -0.845. The second kappa shape index (κ2) is 6.10. The van der Waals surface area contributed by atoms with E-state index < -0.39 is 11.6 Å². The molecular weight excluding hydrogens is 348 g/mol. The summed E-state index contributed by atoms with van der Waals surface area (Å²) in [6, 6.07) is 7.38. The molecule has 0 bridgehead atoms. The minimum Gasteiger partial charge on any atom is -0.377 e. The molecule has 2 aromatic rings. The smallest absolute Gasteiger partial charge is 0.128 e. The predicted molar refractivity (Wildman–Crippen MR) is 82.3 cm³/mol. The van der Waals surface area contributed by atoms with Crippen LogP contribution in [-0.4, -0.2) is 0 Å². The molecule has 0 spiro atoms. The first-order valence-corrected chi connectivity index (χ1v) is 7.23. The lowest BCUT2D eigenvalue weighted by Crippen LogP contribution is -2.10. The van der Waals surface area contributed by atoms with Gasteiger partial charge in [0.25, 0.3) is 0 Å². The minimum atomic E-state index is -0.429. The number of hydrogen-bond acceptors (Lipinski definition) is 1. The van der Waals surface area contributed by atoms with E-state index in [-0.39, 0.29) is 11.6 Å². The van der Waals surface area contributed by atoms with Crippen molar-refractivity contribution >= 4 is 33.2 Å².